The molecule has 3 nitrogen and oxygen atoms in total. The Labute approximate surface area is 81.5 Å². The first kappa shape index (κ1) is 8.00. The molecule has 1 aliphatic heterocycles. The number of nitrogens with one attached hydrogen (secondary N) is 1. The van der Waals surface area contributed by atoms with Gasteiger partial charge in [0.1, 0.15) is 6.04 Å². The SMILES string of the molecule is O=C(O)C1CN1.[BaH2]. The minimum atomic E-state index is -0.741. The summed E-state index contributed by atoms with van der Waals surface area (Å²) in [5.74, 6) is -0.741. The van der Waals surface area contributed by atoms with Crippen molar-refractivity contribution >= 4 is 54.9 Å². The first-order valence-electron chi connectivity index (χ1n) is 1.77. The van der Waals surface area contributed by atoms with Gasteiger partial charge in [-0.2, -0.15) is 0 Å². The molecule has 0 radical (unpaired) electrons. The van der Waals surface area contributed by atoms with E-state index in [0.29, 0.717) is 6.54 Å². The Morgan fingerprint density at radius 2 is 2.29 bits per heavy atom. The van der Waals surface area contributed by atoms with Crippen molar-refractivity contribution in [2.45, 2.75) is 6.04 Å². The normalized spacial score (nSPS) is 25.4. The number of carboxylic acid groups (broad SMARTS) is 1. The molecule has 0 bridgehead atoms. The van der Waals surface area contributed by atoms with Crippen LogP contribution < -0.4 is 5.32 Å². The summed E-state index contributed by atoms with van der Waals surface area (Å²) < 4.78 is 0. The maximum absolute atomic E-state index is 9.70. The van der Waals surface area contributed by atoms with E-state index in [2.05, 4.69) is 5.32 Å². The molecule has 1 heterocycles. The molecule has 4 heteroatoms. The third-order valence-electron chi connectivity index (χ3n) is 0.706. The Kier molecular flexibility index (Phi) is 3.56. The van der Waals surface area contributed by atoms with Crippen LogP contribution in [0.25, 0.3) is 0 Å². The quantitative estimate of drug-likeness (QED) is 0.407. The second-order valence-electron chi connectivity index (χ2n) is 1.30. The first-order valence-corrected chi connectivity index (χ1v) is 1.77. The van der Waals surface area contributed by atoms with Crippen LogP contribution in [-0.2, 0) is 4.79 Å². The van der Waals surface area contributed by atoms with E-state index in [0.717, 1.165) is 0 Å². The molecule has 1 aliphatic rings. The average Bonchev–Trinajstić information content (AvgIpc) is 2.06. The number of carbonyl (C=O) groups is 1. The maximum atomic E-state index is 9.70. The summed E-state index contributed by atoms with van der Waals surface area (Å²) in [5, 5.41) is 10.6. The second-order valence-corrected chi connectivity index (χ2v) is 1.30. The Bertz CT molecular complexity index is 81.0. The predicted octanol–water partition coefficient (Wildman–Crippen LogP) is -1.87. The molecule has 2 N–H and O–H groups in total. The van der Waals surface area contributed by atoms with Gasteiger partial charge in [0.25, 0.3) is 0 Å². The summed E-state index contributed by atoms with van der Waals surface area (Å²) in [6.45, 7) is 0.648. The van der Waals surface area contributed by atoms with Crippen molar-refractivity contribution in [1.82, 2.24) is 5.32 Å². The molecule has 1 rings (SSSR count). The molecule has 0 aromatic rings. The number of carboxylic acids is 1. The van der Waals surface area contributed by atoms with E-state index in [1.807, 2.05) is 0 Å². The van der Waals surface area contributed by atoms with Crippen LogP contribution in [0.3, 0.4) is 0 Å². The fourth-order valence-electron chi connectivity index (χ4n) is 0.234. The van der Waals surface area contributed by atoms with E-state index >= 15 is 0 Å². The summed E-state index contributed by atoms with van der Waals surface area (Å²) in [6, 6.07) is -0.231. The topological polar surface area (TPSA) is 59.2 Å². The molecular formula is C3H7BaNO2. The van der Waals surface area contributed by atoms with Gasteiger partial charge in [0.2, 0.25) is 0 Å². The summed E-state index contributed by atoms with van der Waals surface area (Å²) >= 11 is 0. The zero-order chi connectivity index (χ0) is 4.57. The van der Waals surface area contributed by atoms with Crippen LogP contribution >= 0.6 is 0 Å². The Balaban J connectivity index is 0.000000360. The zero-order valence-corrected chi connectivity index (χ0v) is 3.14. The van der Waals surface area contributed by atoms with Crippen LogP contribution in [0, 0.1) is 0 Å². The molecular weight excluding hydrogens is 219 g/mol. The fraction of sp³-hybridized carbons (Fsp3) is 0.667. The molecule has 0 aliphatic carbocycles. The standard InChI is InChI=1S/C3H5NO2.Ba.2H/c5-3(6)2-1-4-2;;;/h2,4H,1H2,(H,5,6);;;. The van der Waals surface area contributed by atoms with Crippen LogP contribution in [0.1, 0.15) is 0 Å². The van der Waals surface area contributed by atoms with Crippen molar-refractivity contribution in [2.75, 3.05) is 6.54 Å². The van der Waals surface area contributed by atoms with E-state index < -0.39 is 5.97 Å². The van der Waals surface area contributed by atoms with Crippen LogP contribution in [-0.4, -0.2) is 72.5 Å². The van der Waals surface area contributed by atoms with Gasteiger partial charge >= 0.3 is 54.9 Å². The van der Waals surface area contributed by atoms with E-state index in [4.69, 9.17) is 5.11 Å². The van der Waals surface area contributed by atoms with Crippen molar-refractivity contribution < 1.29 is 9.90 Å². The van der Waals surface area contributed by atoms with Gasteiger partial charge in [0.05, 0.1) is 0 Å². The van der Waals surface area contributed by atoms with E-state index in [1.54, 1.807) is 0 Å². The molecule has 1 unspecified atom stereocenters. The summed E-state index contributed by atoms with van der Waals surface area (Å²) in [7, 11) is 0. The fourth-order valence-corrected chi connectivity index (χ4v) is 0.234. The van der Waals surface area contributed by atoms with E-state index in [-0.39, 0.29) is 54.9 Å². The van der Waals surface area contributed by atoms with Crippen molar-refractivity contribution in [2.24, 2.45) is 0 Å². The molecule has 0 spiro atoms. The van der Waals surface area contributed by atoms with Crippen LogP contribution in [0.2, 0.25) is 0 Å². The molecule has 38 valence electrons. The number of hydrogen-bond acceptors (Lipinski definition) is 2. The molecule has 0 aromatic heterocycles. The van der Waals surface area contributed by atoms with Crippen LogP contribution in [0.5, 0.6) is 0 Å². The average molecular weight is 226 g/mol. The molecule has 1 saturated heterocycles. The number of hydrogen-bond donors (Lipinski definition) is 2. The molecule has 0 aromatic carbocycles. The minimum absolute atomic E-state index is 0. The summed E-state index contributed by atoms with van der Waals surface area (Å²) in [5.41, 5.74) is 0. The Hall–Kier alpha value is 1.00. The third-order valence-corrected chi connectivity index (χ3v) is 0.706. The van der Waals surface area contributed by atoms with E-state index in [9.17, 15) is 4.79 Å². The van der Waals surface area contributed by atoms with Gasteiger partial charge in [-0.25, -0.2) is 0 Å². The Morgan fingerprint density at radius 3 is 2.29 bits per heavy atom. The molecule has 0 amide bonds. The van der Waals surface area contributed by atoms with Gasteiger partial charge in [0, 0.05) is 6.54 Å². The molecule has 1 fully saturated rings. The molecule has 0 saturated carbocycles. The third kappa shape index (κ3) is 2.74. The number of aliphatic carboxylic acids is 1. The summed E-state index contributed by atoms with van der Waals surface area (Å²) in [6.07, 6.45) is 0. The van der Waals surface area contributed by atoms with Gasteiger partial charge in [-0.1, -0.05) is 0 Å². The van der Waals surface area contributed by atoms with Crippen LogP contribution in [0.15, 0.2) is 0 Å². The monoisotopic (exact) mass is 227 g/mol. The molecule has 1 atom stereocenters. The van der Waals surface area contributed by atoms with Gasteiger partial charge < -0.3 is 10.4 Å². The van der Waals surface area contributed by atoms with Gasteiger partial charge in [0.15, 0.2) is 0 Å². The molecule has 7 heavy (non-hydrogen) atoms. The second kappa shape index (κ2) is 3.11. The first-order chi connectivity index (χ1) is 2.80. The van der Waals surface area contributed by atoms with Crippen molar-refractivity contribution in [1.29, 1.82) is 0 Å². The van der Waals surface area contributed by atoms with E-state index in [1.165, 1.54) is 0 Å². The van der Waals surface area contributed by atoms with Gasteiger partial charge in [-0.3, -0.25) is 4.79 Å². The summed E-state index contributed by atoms with van der Waals surface area (Å²) in [4.78, 5) is 9.70. The van der Waals surface area contributed by atoms with Gasteiger partial charge in [-0.15, -0.1) is 0 Å². The van der Waals surface area contributed by atoms with Crippen molar-refractivity contribution in [3.8, 4) is 0 Å². The van der Waals surface area contributed by atoms with Crippen molar-refractivity contribution in [3.05, 3.63) is 0 Å². The Morgan fingerprint density at radius 1 is 1.86 bits per heavy atom. The number of rotatable bonds is 1. The van der Waals surface area contributed by atoms with Crippen molar-refractivity contribution in [3.63, 3.8) is 0 Å². The zero-order valence-electron chi connectivity index (χ0n) is 3.14. The van der Waals surface area contributed by atoms with Gasteiger partial charge in [-0.05, 0) is 0 Å². The predicted molar refractivity (Wildman–Crippen MR) is 28.0 cm³/mol. The van der Waals surface area contributed by atoms with Crippen LogP contribution in [0.4, 0.5) is 0 Å².